The standard InChI is InChI=1S/C10H16N4O2S/c1-2-17(16)4-3-13-10-8(9(12)15)5-7(11)6-14-10/h5-6H,2-4,11H2,1H3,(H2,12,15)(H,13,14). The number of nitrogens with zero attached hydrogens (tertiary/aromatic N) is 1. The van der Waals surface area contributed by atoms with Crippen LogP contribution in [0.5, 0.6) is 0 Å². The quantitative estimate of drug-likeness (QED) is 0.660. The van der Waals surface area contributed by atoms with Crippen LogP contribution in [-0.2, 0) is 10.8 Å². The summed E-state index contributed by atoms with van der Waals surface area (Å²) in [7, 11) is -0.853. The summed E-state index contributed by atoms with van der Waals surface area (Å²) in [6.45, 7) is 2.32. The largest absolute Gasteiger partial charge is 0.397 e. The number of carbonyl (C=O) groups excluding carboxylic acids is 1. The fourth-order valence-corrected chi connectivity index (χ4v) is 1.86. The topological polar surface area (TPSA) is 111 Å². The highest BCUT2D eigenvalue weighted by Gasteiger charge is 2.09. The molecule has 0 fully saturated rings. The zero-order chi connectivity index (χ0) is 12.8. The molecular formula is C10H16N4O2S. The first-order valence-electron chi connectivity index (χ1n) is 5.18. The Balaban J connectivity index is 2.70. The molecule has 0 bridgehead atoms. The molecule has 0 radical (unpaired) electrons. The molecule has 1 amide bonds. The minimum absolute atomic E-state index is 0.243. The Labute approximate surface area is 102 Å². The molecule has 0 saturated carbocycles. The highest BCUT2D eigenvalue weighted by atomic mass is 32.2. The van der Waals surface area contributed by atoms with E-state index in [0.29, 0.717) is 29.6 Å². The lowest BCUT2D eigenvalue weighted by molar-refractivity contribution is 0.100. The van der Waals surface area contributed by atoms with Crippen LogP contribution < -0.4 is 16.8 Å². The number of aromatic nitrogens is 1. The third-order valence-corrected chi connectivity index (χ3v) is 3.42. The van der Waals surface area contributed by atoms with Crippen molar-refractivity contribution in [1.29, 1.82) is 0 Å². The molecule has 1 aromatic heterocycles. The predicted octanol–water partition coefficient (Wildman–Crippen LogP) is -0.0568. The SMILES string of the molecule is CCS(=O)CCNc1ncc(N)cc1C(N)=O. The molecular weight excluding hydrogens is 240 g/mol. The van der Waals surface area contributed by atoms with Crippen molar-refractivity contribution < 1.29 is 9.00 Å². The maximum absolute atomic E-state index is 11.2. The van der Waals surface area contributed by atoms with Crippen LogP contribution in [-0.4, -0.2) is 33.2 Å². The first-order chi connectivity index (χ1) is 8.04. The lowest BCUT2D eigenvalue weighted by Crippen LogP contribution is -2.18. The van der Waals surface area contributed by atoms with Crippen LogP contribution >= 0.6 is 0 Å². The van der Waals surface area contributed by atoms with Gasteiger partial charge in [-0.3, -0.25) is 9.00 Å². The Hall–Kier alpha value is -1.63. The van der Waals surface area contributed by atoms with Crippen molar-refractivity contribution in [2.24, 2.45) is 5.73 Å². The Morgan fingerprint density at radius 2 is 2.29 bits per heavy atom. The number of nitrogens with two attached hydrogens (primary N) is 2. The van der Waals surface area contributed by atoms with Gasteiger partial charge < -0.3 is 16.8 Å². The Kier molecular flexibility index (Phi) is 4.89. The average molecular weight is 256 g/mol. The zero-order valence-corrected chi connectivity index (χ0v) is 10.4. The van der Waals surface area contributed by atoms with Crippen LogP contribution in [0.15, 0.2) is 12.3 Å². The second-order valence-corrected chi connectivity index (χ2v) is 5.25. The summed E-state index contributed by atoms with van der Waals surface area (Å²) >= 11 is 0. The van der Waals surface area contributed by atoms with Crippen molar-refractivity contribution in [1.82, 2.24) is 4.98 Å². The molecule has 0 aromatic carbocycles. The minimum Gasteiger partial charge on any atom is -0.397 e. The summed E-state index contributed by atoms with van der Waals surface area (Å²) in [6.07, 6.45) is 1.44. The number of nitrogen functional groups attached to an aromatic ring is 1. The van der Waals surface area contributed by atoms with E-state index >= 15 is 0 Å². The van der Waals surface area contributed by atoms with E-state index < -0.39 is 16.7 Å². The van der Waals surface area contributed by atoms with Gasteiger partial charge in [-0.15, -0.1) is 0 Å². The summed E-state index contributed by atoms with van der Waals surface area (Å²) in [5.41, 5.74) is 11.3. The number of carbonyl (C=O) groups is 1. The Morgan fingerprint density at radius 1 is 1.59 bits per heavy atom. The molecule has 0 aliphatic heterocycles. The molecule has 1 heterocycles. The summed E-state index contributed by atoms with van der Waals surface area (Å²) in [4.78, 5) is 15.1. The second-order valence-electron chi connectivity index (χ2n) is 3.39. The van der Waals surface area contributed by atoms with Gasteiger partial charge in [-0.05, 0) is 6.07 Å². The monoisotopic (exact) mass is 256 g/mol. The molecule has 5 N–H and O–H groups in total. The van der Waals surface area contributed by atoms with Gasteiger partial charge in [0.1, 0.15) is 5.82 Å². The van der Waals surface area contributed by atoms with Crippen LogP contribution in [0, 0.1) is 0 Å². The fourth-order valence-electron chi connectivity index (χ4n) is 1.24. The maximum atomic E-state index is 11.2. The van der Waals surface area contributed by atoms with Gasteiger partial charge in [-0.1, -0.05) is 6.92 Å². The minimum atomic E-state index is -0.853. The van der Waals surface area contributed by atoms with Crippen LogP contribution in [0.1, 0.15) is 17.3 Å². The average Bonchev–Trinajstić information content (AvgIpc) is 2.30. The molecule has 7 heteroatoms. The van der Waals surface area contributed by atoms with Crippen molar-refractivity contribution >= 4 is 28.2 Å². The normalized spacial score (nSPS) is 12.1. The highest BCUT2D eigenvalue weighted by Crippen LogP contribution is 2.14. The predicted molar refractivity (Wildman–Crippen MR) is 69.2 cm³/mol. The zero-order valence-electron chi connectivity index (χ0n) is 9.60. The third-order valence-electron chi connectivity index (χ3n) is 2.12. The molecule has 0 aliphatic carbocycles. The van der Waals surface area contributed by atoms with E-state index in [1.54, 1.807) is 0 Å². The van der Waals surface area contributed by atoms with E-state index in [9.17, 15) is 9.00 Å². The number of pyridine rings is 1. The van der Waals surface area contributed by atoms with E-state index in [4.69, 9.17) is 11.5 Å². The highest BCUT2D eigenvalue weighted by molar-refractivity contribution is 7.84. The van der Waals surface area contributed by atoms with Gasteiger partial charge in [0.05, 0.1) is 17.4 Å². The molecule has 0 spiro atoms. The first-order valence-corrected chi connectivity index (χ1v) is 6.67. The smallest absolute Gasteiger partial charge is 0.252 e. The van der Waals surface area contributed by atoms with Gasteiger partial charge in [0, 0.05) is 28.9 Å². The molecule has 94 valence electrons. The molecule has 1 atom stereocenters. The van der Waals surface area contributed by atoms with Crippen molar-refractivity contribution in [3.8, 4) is 0 Å². The van der Waals surface area contributed by atoms with E-state index in [1.165, 1.54) is 12.3 Å². The summed E-state index contributed by atoms with van der Waals surface area (Å²) in [5.74, 6) is 0.893. The fraction of sp³-hybridized carbons (Fsp3) is 0.400. The van der Waals surface area contributed by atoms with Crippen LogP contribution in [0.4, 0.5) is 11.5 Å². The molecule has 1 unspecified atom stereocenters. The number of amides is 1. The lowest BCUT2D eigenvalue weighted by Gasteiger charge is -2.09. The van der Waals surface area contributed by atoms with Gasteiger partial charge in [-0.2, -0.15) is 0 Å². The van der Waals surface area contributed by atoms with Gasteiger partial charge in [0.2, 0.25) is 0 Å². The van der Waals surface area contributed by atoms with E-state index in [-0.39, 0.29) is 5.56 Å². The van der Waals surface area contributed by atoms with Crippen molar-refractivity contribution in [2.45, 2.75) is 6.92 Å². The van der Waals surface area contributed by atoms with Crippen molar-refractivity contribution in [3.05, 3.63) is 17.8 Å². The first kappa shape index (κ1) is 13.4. The van der Waals surface area contributed by atoms with Crippen LogP contribution in [0.3, 0.4) is 0 Å². The van der Waals surface area contributed by atoms with E-state index in [0.717, 1.165) is 0 Å². The van der Waals surface area contributed by atoms with Gasteiger partial charge >= 0.3 is 0 Å². The number of hydrogen-bond acceptors (Lipinski definition) is 5. The number of anilines is 2. The Bertz CT molecular complexity index is 436. The van der Waals surface area contributed by atoms with Crippen molar-refractivity contribution in [2.75, 3.05) is 29.1 Å². The van der Waals surface area contributed by atoms with Gasteiger partial charge in [0.25, 0.3) is 5.91 Å². The number of rotatable bonds is 6. The molecule has 1 aromatic rings. The summed E-state index contributed by atoms with van der Waals surface area (Å²) < 4.78 is 11.2. The second kappa shape index (κ2) is 6.19. The molecule has 1 rings (SSSR count). The lowest BCUT2D eigenvalue weighted by atomic mass is 10.2. The van der Waals surface area contributed by atoms with Crippen LogP contribution in [0.2, 0.25) is 0 Å². The van der Waals surface area contributed by atoms with E-state index in [1.807, 2.05) is 6.92 Å². The molecule has 17 heavy (non-hydrogen) atoms. The van der Waals surface area contributed by atoms with Gasteiger partial charge in [0.15, 0.2) is 0 Å². The van der Waals surface area contributed by atoms with Crippen LogP contribution in [0.25, 0.3) is 0 Å². The Morgan fingerprint density at radius 3 is 2.88 bits per heavy atom. The third kappa shape index (κ3) is 4.03. The number of primary amides is 1. The van der Waals surface area contributed by atoms with E-state index in [2.05, 4.69) is 10.3 Å². The number of hydrogen-bond donors (Lipinski definition) is 3. The summed E-state index contributed by atoms with van der Waals surface area (Å²) in [6, 6.07) is 1.47. The van der Waals surface area contributed by atoms with Crippen molar-refractivity contribution in [3.63, 3.8) is 0 Å². The van der Waals surface area contributed by atoms with Gasteiger partial charge in [-0.25, -0.2) is 4.98 Å². The molecule has 6 nitrogen and oxygen atoms in total. The number of nitrogens with one attached hydrogen (secondary N) is 1. The maximum Gasteiger partial charge on any atom is 0.252 e. The molecule has 0 aliphatic rings. The molecule has 0 saturated heterocycles. The summed E-state index contributed by atoms with van der Waals surface area (Å²) in [5, 5.41) is 2.93.